The van der Waals surface area contributed by atoms with Gasteiger partial charge in [0.1, 0.15) is 11.5 Å². The van der Waals surface area contributed by atoms with Crippen LogP contribution in [0.15, 0.2) is 18.2 Å². The molecule has 2 aliphatic rings. The predicted molar refractivity (Wildman–Crippen MR) is 90.5 cm³/mol. The van der Waals surface area contributed by atoms with Crippen molar-refractivity contribution in [3.63, 3.8) is 0 Å². The van der Waals surface area contributed by atoms with E-state index >= 15 is 0 Å². The Labute approximate surface area is 142 Å². The van der Waals surface area contributed by atoms with Crippen molar-refractivity contribution in [3.05, 3.63) is 18.2 Å². The summed E-state index contributed by atoms with van der Waals surface area (Å²) < 4.78 is 10.5. The molecule has 2 amide bonds. The molecule has 1 aromatic rings. The molecule has 2 heterocycles. The summed E-state index contributed by atoms with van der Waals surface area (Å²) in [6.07, 6.45) is 3.58. The van der Waals surface area contributed by atoms with E-state index in [0.717, 1.165) is 19.4 Å². The van der Waals surface area contributed by atoms with E-state index in [-0.39, 0.29) is 24.3 Å². The molecule has 3 rings (SSSR count). The first-order valence-electron chi connectivity index (χ1n) is 8.40. The lowest BCUT2D eigenvalue weighted by atomic mass is 10.0. The third-order valence-electron chi connectivity index (χ3n) is 4.97. The van der Waals surface area contributed by atoms with Crippen LogP contribution in [0.3, 0.4) is 0 Å². The SMILES string of the molecule is COc1cc(OC)cc(N2C(=O)CC(N3CCCCC3C)C2=O)c1. The molecule has 6 nitrogen and oxygen atoms in total. The Balaban J connectivity index is 1.89. The Morgan fingerprint density at radius 3 is 2.29 bits per heavy atom. The highest BCUT2D eigenvalue weighted by Gasteiger charge is 2.44. The van der Waals surface area contributed by atoms with Crippen molar-refractivity contribution < 1.29 is 19.1 Å². The summed E-state index contributed by atoms with van der Waals surface area (Å²) in [6.45, 7) is 3.01. The number of benzene rings is 1. The van der Waals surface area contributed by atoms with Gasteiger partial charge < -0.3 is 9.47 Å². The van der Waals surface area contributed by atoms with E-state index in [4.69, 9.17) is 9.47 Å². The lowest BCUT2D eigenvalue weighted by Gasteiger charge is -2.36. The van der Waals surface area contributed by atoms with E-state index in [9.17, 15) is 9.59 Å². The second kappa shape index (κ2) is 6.81. The molecule has 130 valence electrons. The van der Waals surface area contributed by atoms with Gasteiger partial charge in [0.25, 0.3) is 5.91 Å². The van der Waals surface area contributed by atoms with Gasteiger partial charge in [-0.2, -0.15) is 0 Å². The fourth-order valence-electron chi connectivity index (χ4n) is 3.65. The van der Waals surface area contributed by atoms with Gasteiger partial charge in [0.2, 0.25) is 5.91 Å². The van der Waals surface area contributed by atoms with Crippen LogP contribution in [-0.2, 0) is 9.59 Å². The summed E-state index contributed by atoms with van der Waals surface area (Å²) in [6, 6.07) is 5.09. The highest BCUT2D eigenvalue weighted by molar-refractivity contribution is 6.22. The molecule has 0 saturated carbocycles. The molecular formula is C18H24N2O4. The maximum absolute atomic E-state index is 12.9. The summed E-state index contributed by atoms with van der Waals surface area (Å²) in [7, 11) is 3.09. The van der Waals surface area contributed by atoms with Crippen molar-refractivity contribution in [1.29, 1.82) is 0 Å². The first kappa shape index (κ1) is 16.8. The topological polar surface area (TPSA) is 59.1 Å². The van der Waals surface area contributed by atoms with Gasteiger partial charge in [0.05, 0.1) is 32.4 Å². The first-order chi connectivity index (χ1) is 11.5. The second-order valence-corrected chi connectivity index (χ2v) is 6.44. The molecule has 2 atom stereocenters. The van der Waals surface area contributed by atoms with Gasteiger partial charge in [-0.3, -0.25) is 14.5 Å². The summed E-state index contributed by atoms with van der Waals surface area (Å²) >= 11 is 0. The maximum atomic E-state index is 12.9. The molecule has 6 heteroatoms. The lowest BCUT2D eigenvalue weighted by molar-refractivity contribution is -0.123. The van der Waals surface area contributed by atoms with E-state index in [1.165, 1.54) is 11.3 Å². The number of rotatable bonds is 4. The van der Waals surface area contributed by atoms with Crippen LogP contribution >= 0.6 is 0 Å². The van der Waals surface area contributed by atoms with Crippen LogP contribution in [0, 0.1) is 0 Å². The summed E-state index contributed by atoms with van der Waals surface area (Å²) in [5, 5.41) is 0. The average Bonchev–Trinajstić information content (AvgIpc) is 2.89. The van der Waals surface area contributed by atoms with Crippen molar-refractivity contribution in [3.8, 4) is 11.5 Å². The zero-order valence-electron chi connectivity index (χ0n) is 14.4. The highest BCUT2D eigenvalue weighted by Crippen LogP contribution is 2.34. The fraction of sp³-hybridized carbons (Fsp3) is 0.556. The number of piperidine rings is 1. The number of anilines is 1. The van der Waals surface area contributed by atoms with Crippen LogP contribution in [0.5, 0.6) is 11.5 Å². The molecule has 0 radical (unpaired) electrons. The van der Waals surface area contributed by atoms with Crippen LogP contribution in [0.4, 0.5) is 5.69 Å². The molecule has 0 aliphatic carbocycles. The molecule has 0 aromatic heterocycles. The Bertz CT molecular complexity index is 624. The molecule has 1 aromatic carbocycles. The Morgan fingerprint density at radius 1 is 1.04 bits per heavy atom. The molecule has 2 saturated heterocycles. The molecular weight excluding hydrogens is 308 g/mol. The summed E-state index contributed by atoms with van der Waals surface area (Å²) in [5.74, 6) is 0.793. The summed E-state index contributed by atoms with van der Waals surface area (Å²) in [5.41, 5.74) is 0.508. The Hall–Kier alpha value is -2.08. The third-order valence-corrected chi connectivity index (χ3v) is 4.97. The zero-order valence-corrected chi connectivity index (χ0v) is 14.4. The number of likely N-dealkylation sites (tertiary alicyclic amines) is 1. The van der Waals surface area contributed by atoms with Crippen LogP contribution in [0.2, 0.25) is 0 Å². The molecule has 0 bridgehead atoms. The number of carbonyl (C=O) groups excluding carboxylic acids is 2. The minimum Gasteiger partial charge on any atom is -0.497 e. The number of imide groups is 1. The second-order valence-electron chi connectivity index (χ2n) is 6.44. The van der Waals surface area contributed by atoms with Crippen LogP contribution in [-0.4, -0.2) is 49.6 Å². The molecule has 2 aliphatic heterocycles. The van der Waals surface area contributed by atoms with Gasteiger partial charge >= 0.3 is 0 Å². The first-order valence-corrected chi connectivity index (χ1v) is 8.40. The van der Waals surface area contributed by atoms with Gasteiger partial charge in [0.15, 0.2) is 0 Å². The smallest absolute Gasteiger partial charge is 0.251 e. The van der Waals surface area contributed by atoms with Crippen LogP contribution < -0.4 is 14.4 Å². The van der Waals surface area contributed by atoms with Crippen molar-refractivity contribution in [1.82, 2.24) is 4.90 Å². The maximum Gasteiger partial charge on any atom is 0.251 e. The minimum atomic E-state index is -0.356. The number of hydrogen-bond donors (Lipinski definition) is 0. The van der Waals surface area contributed by atoms with E-state index < -0.39 is 0 Å². The molecule has 2 unspecified atom stereocenters. The van der Waals surface area contributed by atoms with Crippen molar-refractivity contribution >= 4 is 17.5 Å². The molecule has 0 N–H and O–H groups in total. The predicted octanol–water partition coefficient (Wildman–Crippen LogP) is 2.21. The molecule has 2 fully saturated rings. The normalized spacial score (nSPS) is 25.2. The number of ether oxygens (including phenoxy) is 2. The van der Waals surface area contributed by atoms with Gasteiger partial charge in [-0.15, -0.1) is 0 Å². The quantitative estimate of drug-likeness (QED) is 0.791. The van der Waals surface area contributed by atoms with E-state index in [2.05, 4.69) is 11.8 Å². The number of hydrogen-bond acceptors (Lipinski definition) is 5. The Kier molecular flexibility index (Phi) is 4.76. The van der Waals surface area contributed by atoms with E-state index in [1.54, 1.807) is 32.4 Å². The zero-order chi connectivity index (χ0) is 17.3. The number of nitrogens with zero attached hydrogens (tertiary/aromatic N) is 2. The number of methoxy groups -OCH3 is 2. The number of amides is 2. The van der Waals surface area contributed by atoms with Gasteiger partial charge in [-0.25, -0.2) is 4.90 Å². The lowest BCUT2D eigenvalue weighted by Crippen LogP contribution is -2.48. The van der Waals surface area contributed by atoms with Crippen molar-refractivity contribution in [2.45, 2.75) is 44.7 Å². The van der Waals surface area contributed by atoms with Gasteiger partial charge in [-0.1, -0.05) is 6.42 Å². The van der Waals surface area contributed by atoms with E-state index in [1.807, 2.05) is 0 Å². The van der Waals surface area contributed by atoms with Gasteiger partial charge in [0, 0.05) is 24.2 Å². The summed E-state index contributed by atoms with van der Waals surface area (Å²) in [4.78, 5) is 28.9. The largest absolute Gasteiger partial charge is 0.497 e. The highest BCUT2D eigenvalue weighted by atomic mass is 16.5. The van der Waals surface area contributed by atoms with Crippen molar-refractivity contribution in [2.75, 3.05) is 25.7 Å². The average molecular weight is 332 g/mol. The molecule has 24 heavy (non-hydrogen) atoms. The molecule has 0 spiro atoms. The van der Waals surface area contributed by atoms with E-state index in [0.29, 0.717) is 23.2 Å². The third kappa shape index (κ3) is 2.98. The standard InChI is InChI=1S/C18H24N2O4/c1-12-6-4-5-7-19(12)16-11-17(21)20(18(16)22)13-8-14(23-2)10-15(9-13)24-3/h8-10,12,16H,4-7,11H2,1-3H3. The minimum absolute atomic E-state index is 0.149. The van der Waals surface area contributed by atoms with Crippen LogP contribution in [0.25, 0.3) is 0 Å². The van der Waals surface area contributed by atoms with Crippen molar-refractivity contribution in [2.24, 2.45) is 0 Å². The fourth-order valence-corrected chi connectivity index (χ4v) is 3.65. The Morgan fingerprint density at radius 2 is 1.71 bits per heavy atom. The van der Waals surface area contributed by atoms with Gasteiger partial charge in [-0.05, 0) is 26.3 Å². The number of carbonyl (C=O) groups is 2. The van der Waals surface area contributed by atoms with Crippen LogP contribution in [0.1, 0.15) is 32.6 Å². The monoisotopic (exact) mass is 332 g/mol.